The number of rotatable bonds is 1. The molecule has 0 radical (unpaired) electrons. The van der Waals surface area contributed by atoms with Crippen molar-refractivity contribution in [1.29, 1.82) is 5.26 Å². The van der Waals surface area contributed by atoms with E-state index < -0.39 is 0 Å². The lowest BCUT2D eigenvalue weighted by Crippen LogP contribution is -2.19. The van der Waals surface area contributed by atoms with Crippen molar-refractivity contribution in [3.63, 3.8) is 0 Å². The van der Waals surface area contributed by atoms with E-state index in [1.807, 2.05) is 6.92 Å². The molecule has 0 aromatic carbocycles. The molecule has 1 N–H and O–H groups in total. The Balaban J connectivity index is 2.73. The first-order chi connectivity index (χ1) is 5.33. The molecule has 11 heavy (non-hydrogen) atoms. The number of nitriles is 1. The standard InChI is InChI=1S/C9H14N2/c1-3-7-6-11-9(5-10)8(7)4-2/h4,7,9,11H,3,6H2,1-2H3/b8-4+. The molecule has 1 aliphatic rings. The van der Waals surface area contributed by atoms with Crippen molar-refractivity contribution >= 4 is 0 Å². The third kappa shape index (κ3) is 1.44. The van der Waals surface area contributed by atoms with E-state index in [9.17, 15) is 0 Å². The Kier molecular flexibility index (Phi) is 2.67. The fourth-order valence-corrected chi connectivity index (χ4v) is 1.63. The molecule has 0 aromatic rings. The summed E-state index contributed by atoms with van der Waals surface area (Å²) in [5.74, 6) is 0.588. The minimum Gasteiger partial charge on any atom is -0.298 e. The summed E-state index contributed by atoms with van der Waals surface area (Å²) in [6, 6.07) is 2.23. The number of hydrogen-bond donors (Lipinski definition) is 1. The Labute approximate surface area is 67.9 Å². The Bertz CT molecular complexity index is 200. The molecule has 0 aromatic heterocycles. The maximum Gasteiger partial charge on any atom is 0.117 e. The summed E-state index contributed by atoms with van der Waals surface area (Å²) in [7, 11) is 0. The van der Waals surface area contributed by atoms with Gasteiger partial charge in [0, 0.05) is 6.54 Å². The van der Waals surface area contributed by atoms with Gasteiger partial charge in [0.05, 0.1) is 6.07 Å². The van der Waals surface area contributed by atoms with Crippen molar-refractivity contribution in [2.24, 2.45) is 5.92 Å². The lowest BCUT2D eigenvalue weighted by atomic mass is 9.96. The topological polar surface area (TPSA) is 35.8 Å². The highest BCUT2D eigenvalue weighted by Gasteiger charge is 2.27. The SMILES string of the molecule is C/C=C1\C(CC)CNC1C#N. The third-order valence-corrected chi connectivity index (χ3v) is 2.33. The van der Waals surface area contributed by atoms with Gasteiger partial charge in [0.2, 0.25) is 0 Å². The smallest absolute Gasteiger partial charge is 0.117 e. The maximum atomic E-state index is 8.73. The Morgan fingerprint density at radius 3 is 3.00 bits per heavy atom. The predicted molar refractivity (Wildman–Crippen MR) is 44.9 cm³/mol. The van der Waals surface area contributed by atoms with Gasteiger partial charge in [0.15, 0.2) is 0 Å². The molecule has 2 unspecified atom stereocenters. The van der Waals surface area contributed by atoms with Crippen molar-refractivity contribution in [2.75, 3.05) is 6.54 Å². The number of nitrogens with zero attached hydrogens (tertiary/aromatic N) is 1. The summed E-state index contributed by atoms with van der Waals surface area (Å²) >= 11 is 0. The van der Waals surface area contributed by atoms with E-state index in [1.54, 1.807) is 0 Å². The first-order valence-electron chi connectivity index (χ1n) is 4.12. The van der Waals surface area contributed by atoms with E-state index in [-0.39, 0.29) is 6.04 Å². The van der Waals surface area contributed by atoms with Gasteiger partial charge in [-0.25, -0.2) is 0 Å². The van der Waals surface area contributed by atoms with E-state index in [0.717, 1.165) is 13.0 Å². The van der Waals surface area contributed by atoms with Crippen LogP contribution in [0.1, 0.15) is 20.3 Å². The largest absolute Gasteiger partial charge is 0.298 e. The monoisotopic (exact) mass is 150 g/mol. The molecule has 2 atom stereocenters. The van der Waals surface area contributed by atoms with Gasteiger partial charge in [-0.2, -0.15) is 5.26 Å². The first kappa shape index (κ1) is 8.29. The molecule has 1 rings (SSSR count). The minimum absolute atomic E-state index is 0.0232. The van der Waals surface area contributed by atoms with Crippen molar-refractivity contribution in [1.82, 2.24) is 5.32 Å². The summed E-state index contributed by atoms with van der Waals surface area (Å²) in [6.45, 7) is 5.14. The predicted octanol–water partition coefficient (Wildman–Crippen LogP) is 1.45. The Morgan fingerprint density at radius 1 is 1.82 bits per heavy atom. The van der Waals surface area contributed by atoms with Crippen LogP contribution >= 0.6 is 0 Å². The quantitative estimate of drug-likeness (QED) is 0.574. The summed E-state index contributed by atoms with van der Waals surface area (Å²) < 4.78 is 0. The molecule has 1 aliphatic heterocycles. The van der Waals surface area contributed by atoms with Crippen LogP contribution in [0.25, 0.3) is 0 Å². The third-order valence-electron chi connectivity index (χ3n) is 2.33. The van der Waals surface area contributed by atoms with Crippen LogP contribution in [0.2, 0.25) is 0 Å². The second-order valence-electron chi connectivity index (χ2n) is 2.86. The summed E-state index contributed by atoms with van der Waals surface area (Å²) in [5.41, 5.74) is 1.27. The van der Waals surface area contributed by atoms with Gasteiger partial charge < -0.3 is 0 Å². The molecular weight excluding hydrogens is 136 g/mol. The average molecular weight is 150 g/mol. The molecule has 0 saturated carbocycles. The lowest BCUT2D eigenvalue weighted by molar-refractivity contribution is 0.629. The second kappa shape index (κ2) is 3.54. The molecule has 0 spiro atoms. The van der Waals surface area contributed by atoms with E-state index in [4.69, 9.17) is 5.26 Å². The second-order valence-corrected chi connectivity index (χ2v) is 2.86. The van der Waals surface area contributed by atoms with E-state index in [1.165, 1.54) is 5.57 Å². The van der Waals surface area contributed by atoms with Gasteiger partial charge in [-0.1, -0.05) is 13.0 Å². The van der Waals surface area contributed by atoms with Crippen molar-refractivity contribution in [2.45, 2.75) is 26.3 Å². The lowest BCUT2D eigenvalue weighted by Gasteiger charge is -2.07. The van der Waals surface area contributed by atoms with Crippen molar-refractivity contribution in [3.8, 4) is 6.07 Å². The average Bonchev–Trinajstić information content (AvgIpc) is 2.45. The van der Waals surface area contributed by atoms with Gasteiger partial charge in [0.1, 0.15) is 6.04 Å². The Morgan fingerprint density at radius 2 is 2.55 bits per heavy atom. The molecular formula is C9H14N2. The van der Waals surface area contributed by atoms with Crippen LogP contribution in [0.15, 0.2) is 11.6 Å². The van der Waals surface area contributed by atoms with Crippen LogP contribution in [0.3, 0.4) is 0 Å². The van der Waals surface area contributed by atoms with Crippen LogP contribution in [0.4, 0.5) is 0 Å². The van der Waals surface area contributed by atoms with E-state index >= 15 is 0 Å². The zero-order chi connectivity index (χ0) is 8.27. The normalized spacial score (nSPS) is 34.1. The molecule has 2 nitrogen and oxygen atoms in total. The van der Waals surface area contributed by atoms with Crippen LogP contribution in [-0.2, 0) is 0 Å². The molecule has 1 heterocycles. The molecule has 0 amide bonds. The highest BCUT2D eigenvalue weighted by molar-refractivity contribution is 5.26. The van der Waals surface area contributed by atoms with Gasteiger partial charge in [-0.15, -0.1) is 0 Å². The van der Waals surface area contributed by atoms with Gasteiger partial charge in [-0.05, 0) is 24.8 Å². The number of nitrogens with one attached hydrogen (secondary N) is 1. The van der Waals surface area contributed by atoms with Crippen LogP contribution < -0.4 is 5.32 Å². The van der Waals surface area contributed by atoms with Crippen LogP contribution in [0.5, 0.6) is 0 Å². The zero-order valence-electron chi connectivity index (χ0n) is 7.09. The highest BCUT2D eigenvalue weighted by atomic mass is 15.0. The zero-order valence-corrected chi connectivity index (χ0v) is 7.09. The van der Waals surface area contributed by atoms with Crippen molar-refractivity contribution in [3.05, 3.63) is 11.6 Å². The van der Waals surface area contributed by atoms with Crippen LogP contribution in [0, 0.1) is 17.2 Å². The summed E-state index contributed by atoms with van der Waals surface area (Å²) in [5, 5.41) is 11.9. The number of hydrogen-bond acceptors (Lipinski definition) is 2. The molecule has 2 heteroatoms. The molecule has 0 aliphatic carbocycles. The van der Waals surface area contributed by atoms with Gasteiger partial charge in [0.25, 0.3) is 0 Å². The van der Waals surface area contributed by atoms with Gasteiger partial charge in [-0.3, -0.25) is 5.32 Å². The van der Waals surface area contributed by atoms with E-state index in [2.05, 4.69) is 24.4 Å². The minimum atomic E-state index is -0.0232. The number of allylic oxidation sites excluding steroid dienone is 1. The molecule has 1 saturated heterocycles. The molecule has 0 bridgehead atoms. The van der Waals surface area contributed by atoms with E-state index in [0.29, 0.717) is 5.92 Å². The van der Waals surface area contributed by atoms with Gasteiger partial charge >= 0.3 is 0 Å². The van der Waals surface area contributed by atoms with Crippen LogP contribution in [-0.4, -0.2) is 12.6 Å². The fourth-order valence-electron chi connectivity index (χ4n) is 1.63. The Hall–Kier alpha value is -0.810. The highest BCUT2D eigenvalue weighted by Crippen LogP contribution is 2.23. The first-order valence-corrected chi connectivity index (χ1v) is 4.12. The fraction of sp³-hybridized carbons (Fsp3) is 0.667. The van der Waals surface area contributed by atoms with Crippen molar-refractivity contribution < 1.29 is 0 Å². The maximum absolute atomic E-state index is 8.73. The summed E-state index contributed by atoms with van der Waals surface area (Å²) in [6.07, 6.45) is 3.20. The molecule has 1 fully saturated rings. The summed E-state index contributed by atoms with van der Waals surface area (Å²) in [4.78, 5) is 0. The molecule has 60 valence electrons.